The average Bonchev–Trinajstić information content (AvgIpc) is 2.13. The maximum Gasteiger partial charge on any atom is 0.405 e. The van der Waals surface area contributed by atoms with Crippen molar-refractivity contribution in [3.63, 3.8) is 0 Å². The summed E-state index contributed by atoms with van der Waals surface area (Å²) in [4.78, 5) is 20.5. The van der Waals surface area contributed by atoms with Crippen LogP contribution in [0.25, 0.3) is 0 Å². The number of hydrogen-bond donors (Lipinski definition) is 2. The SMILES string of the molecule is O=C1C=CC(NC(=O)O)C1. The van der Waals surface area contributed by atoms with E-state index in [1.807, 2.05) is 0 Å². The molecule has 0 bridgehead atoms. The smallest absolute Gasteiger partial charge is 0.405 e. The Morgan fingerprint density at radius 2 is 2.50 bits per heavy atom. The van der Waals surface area contributed by atoms with E-state index < -0.39 is 6.09 Å². The van der Waals surface area contributed by atoms with Crippen molar-refractivity contribution in [2.45, 2.75) is 12.5 Å². The van der Waals surface area contributed by atoms with Crippen LogP contribution in [0.5, 0.6) is 0 Å². The molecule has 0 radical (unpaired) electrons. The monoisotopic (exact) mass is 141 g/mol. The summed E-state index contributed by atoms with van der Waals surface area (Å²) in [5.41, 5.74) is 0. The van der Waals surface area contributed by atoms with E-state index in [0.29, 0.717) is 0 Å². The summed E-state index contributed by atoms with van der Waals surface area (Å²) in [6, 6.07) is -0.315. The molecule has 0 spiro atoms. The van der Waals surface area contributed by atoms with Gasteiger partial charge in [0.25, 0.3) is 0 Å². The second-order valence-corrected chi connectivity index (χ2v) is 2.09. The maximum atomic E-state index is 10.5. The third-order valence-electron chi connectivity index (χ3n) is 1.24. The van der Waals surface area contributed by atoms with Crippen molar-refractivity contribution in [1.82, 2.24) is 5.32 Å². The van der Waals surface area contributed by atoms with Crippen molar-refractivity contribution in [2.24, 2.45) is 0 Å². The Kier molecular flexibility index (Phi) is 1.71. The number of rotatable bonds is 1. The predicted octanol–water partition coefficient (Wildman–Crippen LogP) is 0.152. The lowest BCUT2D eigenvalue weighted by molar-refractivity contribution is -0.114. The summed E-state index contributed by atoms with van der Waals surface area (Å²) in [5, 5.41) is 10.4. The molecular weight excluding hydrogens is 134 g/mol. The van der Waals surface area contributed by atoms with Crippen LogP contribution in [0.1, 0.15) is 6.42 Å². The van der Waals surface area contributed by atoms with Crippen molar-refractivity contribution in [3.05, 3.63) is 12.2 Å². The standard InChI is InChI=1S/C6H7NO3/c8-5-2-1-4(3-5)7-6(9)10/h1-2,4,7H,3H2,(H,9,10). The first-order valence-electron chi connectivity index (χ1n) is 2.89. The number of nitrogens with one attached hydrogen (secondary N) is 1. The topological polar surface area (TPSA) is 66.4 Å². The highest BCUT2D eigenvalue weighted by Crippen LogP contribution is 2.04. The molecule has 0 aromatic heterocycles. The molecule has 0 aliphatic heterocycles. The van der Waals surface area contributed by atoms with Gasteiger partial charge in [0, 0.05) is 6.42 Å². The molecule has 0 heterocycles. The molecule has 10 heavy (non-hydrogen) atoms. The summed E-state index contributed by atoms with van der Waals surface area (Å²) in [6.45, 7) is 0. The molecule has 1 atom stereocenters. The molecule has 4 nitrogen and oxygen atoms in total. The molecule has 2 N–H and O–H groups in total. The van der Waals surface area contributed by atoms with Crippen molar-refractivity contribution in [1.29, 1.82) is 0 Å². The first-order chi connectivity index (χ1) is 4.68. The Balaban J connectivity index is 2.40. The Morgan fingerprint density at radius 3 is 2.90 bits per heavy atom. The lowest BCUT2D eigenvalue weighted by Crippen LogP contribution is -2.31. The van der Waals surface area contributed by atoms with E-state index >= 15 is 0 Å². The second-order valence-electron chi connectivity index (χ2n) is 2.09. The number of allylic oxidation sites excluding steroid dienone is 1. The van der Waals surface area contributed by atoms with Crippen LogP contribution >= 0.6 is 0 Å². The fourth-order valence-corrected chi connectivity index (χ4v) is 0.834. The minimum atomic E-state index is -1.09. The lowest BCUT2D eigenvalue weighted by Gasteiger charge is -2.03. The van der Waals surface area contributed by atoms with Crippen molar-refractivity contribution in [2.75, 3.05) is 0 Å². The Hall–Kier alpha value is -1.32. The van der Waals surface area contributed by atoms with E-state index in [1.165, 1.54) is 6.08 Å². The van der Waals surface area contributed by atoms with E-state index in [9.17, 15) is 9.59 Å². The van der Waals surface area contributed by atoms with Crippen LogP contribution in [0.3, 0.4) is 0 Å². The van der Waals surface area contributed by atoms with Gasteiger partial charge in [-0.1, -0.05) is 6.08 Å². The molecule has 0 fully saturated rings. The van der Waals surface area contributed by atoms with Crippen LogP contribution in [-0.4, -0.2) is 23.0 Å². The third-order valence-corrected chi connectivity index (χ3v) is 1.24. The number of carboxylic acid groups (broad SMARTS) is 1. The molecule has 1 unspecified atom stereocenters. The Morgan fingerprint density at radius 1 is 1.80 bits per heavy atom. The molecule has 0 aromatic carbocycles. The van der Waals surface area contributed by atoms with Gasteiger partial charge in [-0.3, -0.25) is 4.79 Å². The molecule has 0 saturated carbocycles. The number of carbonyl (C=O) groups excluding carboxylic acids is 1. The zero-order valence-corrected chi connectivity index (χ0v) is 5.20. The second kappa shape index (κ2) is 2.51. The lowest BCUT2D eigenvalue weighted by atomic mass is 10.2. The molecule has 1 aliphatic carbocycles. The van der Waals surface area contributed by atoms with Gasteiger partial charge in [-0.2, -0.15) is 0 Å². The summed E-state index contributed by atoms with van der Waals surface area (Å²) in [7, 11) is 0. The molecule has 1 rings (SSSR count). The van der Waals surface area contributed by atoms with Gasteiger partial charge in [0.15, 0.2) is 5.78 Å². The molecule has 0 aromatic rings. The highest BCUT2D eigenvalue weighted by atomic mass is 16.4. The van der Waals surface area contributed by atoms with E-state index in [1.54, 1.807) is 6.08 Å². The van der Waals surface area contributed by atoms with E-state index in [0.717, 1.165) is 0 Å². The van der Waals surface area contributed by atoms with Crippen molar-refractivity contribution < 1.29 is 14.7 Å². The summed E-state index contributed by atoms with van der Waals surface area (Å²) < 4.78 is 0. The summed E-state index contributed by atoms with van der Waals surface area (Å²) in [5.74, 6) is -0.0289. The zero-order chi connectivity index (χ0) is 7.56. The molecule has 54 valence electrons. The van der Waals surface area contributed by atoms with Crippen LogP contribution in [0.15, 0.2) is 12.2 Å². The first kappa shape index (κ1) is 6.80. The van der Waals surface area contributed by atoms with Crippen LogP contribution < -0.4 is 5.32 Å². The fourth-order valence-electron chi connectivity index (χ4n) is 0.834. The average molecular weight is 141 g/mol. The highest BCUT2D eigenvalue weighted by Gasteiger charge is 2.16. The van der Waals surface area contributed by atoms with Gasteiger partial charge in [0.1, 0.15) is 0 Å². The largest absolute Gasteiger partial charge is 0.465 e. The van der Waals surface area contributed by atoms with Crippen LogP contribution in [0.2, 0.25) is 0 Å². The minimum absolute atomic E-state index is 0.0289. The summed E-state index contributed by atoms with van der Waals surface area (Å²) >= 11 is 0. The molecule has 1 aliphatic rings. The molecule has 4 heteroatoms. The van der Waals surface area contributed by atoms with Crippen molar-refractivity contribution >= 4 is 11.9 Å². The minimum Gasteiger partial charge on any atom is -0.465 e. The van der Waals surface area contributed by atoms with Gasteiger partial charge in [-0.05, 0) is 6.08 Å². The summed E-state index contributed by atoms with van der Waals surface area (Å²) in [6.07, 6.45) is 2.10. The number of amides is 1. The number of ketones is 1. The molecule has 0 saturated heterocycles. The van der Waals surface area contributed by atoms with E-state index in [-0.39, 0.29) is 18.2 Å². The fraction of sp³-hybridized carbons (Fsp3) is 0.333. The van der Waals surface area contributed by atoms with Crippen LogP contribution in [-0.2, 0) is 4.79 Å². The predicted molar refractivity (Wildman–Crippen MR) is 33.7 cm³/mol. The van der Waals surface area contributed by atoms with Crippen LogP contribution in [0.4, 0.5) is 4.79 Å². The van der Waals surface area contributed by atoms with Gasteiger partial charge >= 0.3 is 6.09 Å². The van der Waals surface area contributed by atoms with Gasteiger partial charge in [0.2, 0.25) is 0 Å². The van der Waals surface area contributed by atoms with Crippen molar-refractivity contribution in [3.8, 4) is 0 Å². The molecule has 1 amide bonds. The highest BCUT2D eigenvalue weighted by molar-refractivity contribution is 5.93. The normalized spacial score (nSPS) is 23.2. The van der Waals surface area contributed by atoms with E-state index in [2.05, 4.69) is 5.32 Å². The first-order valence-corrected chi connectivity index (χ1v) is 2.89. The molecular formula is C6H7NO3. The Bertz CT molecular complexity index is 197. The maximum absolute atomic E-state index is 10.5. The van der Waals surface area contributed by atoms with Gasteiger partial charge < -0.3 is 10.4 Å². The van der Waals surface area contributed by atoms with Gasteiger partial charge in [0.05, 0.1) is 6.04 Å². The van der Waals surface area contributed by atoms with E-state index in [4.69, 9.17) is 5.11 Å². The quantitative estimate of drug-likeness (QED) is 0.546. The van der Waals surface area contributed by atoms with Crippen LogP contribution in [0, 0.1) is 0 Å². The Labute approximate surface area is 57.5 Å². The van der Waals surface area contributed by atoms with Gasteiger partial charge in [-0.15, -0.1) is 0 Å². The zero-order valence-electron chi connectivity index (χ0n) is 5.20. The number of carbonyl (C=O) groups is 2. The third kappa shape index (κ3) is 1.58. The number of hydrogen-bond acceptors (Lipinski definition) is 2. The van der Waals surface area contributed by atoms with Gasteiger partial charge in [-0.25, -0.2) is 4.79 Å².